The SMILES string of the molecule is CCCc1sc(C(N)=O)c(Oc2ccccc2)c1NCC. The summed E-state index contributed by atoms with van der Waals surface area (Å²) in [5.74, 6) is 0.788. The minimum atomic E-state index is -0.451. The highest BCUT2D eigenvalue weighted by Gasteiger charge is 2.22. The zero-order valence-electron chi connectivity index (χ0n) is 12.3. The minimum absolute atomic E-state index is 0.451. The molecule has 1 aromatic carbocycles. The Balaban J connectivity index is 2.46. The lowest BCUT2D eigenvalue weighted by Gasteiger charge is -2.10. The number of primary amides is 1. The van der Waals surface area contributed by atoms with Crippen molar-refractivity contribution in [3.05, 3.63) is 40.1 Å². The molecule has 0 aliphatic carbocycles. The summed E-state index contributed by atoms with van der Waals surface area (Å²) in [6.07, 6.45) is 1.90. The fraction of sp³-hybridized carbons (Fsp3) is 0.312. The van der Waals surface area contributed by atoms with E-state index in [1.807, 2.05) is 37.3 Å². The minimum Gasteiger partial charge on any atom is -0.453 e. The van der Waals surface area contributed by atoms with Gasteiger partial charge in [-0.25, -0.2) is 0 Å². The summed E-state index contributed by atoms with van der Waals surface area (Å²) >= 11 is 1.42. The molecule has 0 spiro atoms. The lowest BCUT2D eigenvalue weighted by Crippen LogP contribution is -2.10. The molecule has 0 atom stereocenters. The number of thiophene rings is 1. The third-order valence-electron chi connectivity index (χ3n) is 2.95. The number of carbonyl (C=O) groups excluding carboxylic acids is 1. The number of hydrogen-bond acceptors (Lipinski definition) is 4. The molecular formula is C16H20N2O2S. The molecule has 3 N–H and O–H groups in total. The topological polar surface area (TPSA) is 64.4 Å². The van der Waals surface area contributed by atoms with Crippen molar-refractivity contribution in [2.24, 2.45) is 5.73 Å². The van der Waals surface area contributed by atoms with Gasteiger partial charge in [0.05, 0.1) is 5.69 Å². The van der Waals surface area contributed by atoms with E-state index >= 15 is 0 Å². The van der Waals surface area contributed by atoms with Crippen LogP contribution in [0.3, 0.4) is 0 Å². The Hall–Kier alpha value is -2.01. The van der Waals surface area contributed by atoms with Gasteiger partial charge in [0.15, 0.2) is 5.75 Å². The van der Waals surface area contributed by atoms with E-state index in [0.717, 1.165) is 30.0 Å². The maximum Gasteiger partial charge on any atom is 0.262 e. The standard InChI is InChI=1S/C16H20N2O2S/c1-3-8-12-13(18-4-2)14(15(21-12)16(17)19)20-11-9-6-5-7-10-11/h5-7,9-10,18H,3-4,8H2,1-2H3,(H2,17,19). The van der Waals surface area contributed by atoms with Gasteiger partial charge in [0, 0.05) is 11.4 Å². The summed E-state index contributed by atoms with van der Waals surface area (Å²) in [5.41, 5.74) is 6.40. The average Bonchev–Trinajstić information content (AvgIpc) is 2.80. The Morgan fingerprint density at radius 1 is 1.29 bits per heavy atom. The van der Waals surface area contributed by atoms with Gasteiger partial charge in [0.25, 0.3) is 5.91 Å². The van der Waals surface area contributed by atoms with Crippen molar-refractivity contribution in [1.82, 2.24) is 0 Å². The summed E-state index contributed by atoms with van der Waals surface area (Å²) < 4.78 is 5.93. The monoisotopic (exact) mass is 304 g/mol. The molecule has 1 aromatic heterocycles. The van der Waals surface area contributed by atoms with E-state index in [1.165, 1.54) is 11.3 Å². The van der Waals surface area contributed by atoms with E-state index in [0.29, 0.717) is 16.4 Å². The van der Waals surface area contributed by atoms with Gasteiger partial charge >= 0.3 is 0 Å². The van der Waals surface area contributed by atoms with Crippen LogP contribution in [0.4, 0.5) is 5.69 Å². The van der Waals surface area contributed by atoms with Crippen molar-refractivity contribution in [3.63, 3.8) is 0 Å². The van der Waals surface area contributed by atoms with Gasteiger partial charge in [-0.2, -0.15) is 0 Å². The largest absolute Gasteiger partial charge is 0.453 e. The Morgan fingerprint density at radius 2 is 2.00 bits per heavy atom. The van der Waals surface area contributed by atoms with Crippen LogP contribution >= 0.6 is 11.3 Å². The second-order valence-electron chi connectivity index (χ2n) is 4.62. The molecule has 0 radical (unpaired) electrons. The Morgan fingerprint density at radius 3 is 2.57 bits per heavy atom. The van der Waals surface area contributed by atoms with E-state index in [-0.39, 0.29) is 0 Å². The van der Waals surface area contributed by atoms with Gasteiger partial charge in [-0.05, 0) is 25.5 Å². The number of benzene rings is 1. The van der Waals surface area contributed by atoms with Crippen LogP contribution in [0.25, 0.3) is 0 Å². The smallest absolute Gasteiger partial charge is 0.262 e. The van der Waals surface area contributed by atoms with E-state index in [9.17, 15) is 4.79 Å². The Kier molecular flexibility index (Phi) is 5.22. The normalized spacial score (nSPS) is 10.4. The fourth-order valence-electron chi connectivity index (χ4n) is 2.09. The molecule has 2 rings (SSSR count). The number of nitrogens with two attached hydrogens (primary N) is 1. The zero-order valence-corrected chi connectivity index (χ0v) is 13.1. The highest BCUT2D eigenvalue weighted by molar-refractivity contribution is 7.15. The third kappa shape index (κ3) is 3.55. The number of anilines is 1. The zero-order chi connectivity index (χ0) is 15.2. The van der Waals surface area contributed by atoms with Gasteiger partial charge in [-0.15, -0.1) is 11.3 Å². The second-order valence-corrected chi connectivity index (χ2v) is 5.72. The van der Waals surface area contributed by atoms with E-state index in [2.05, 4.69) is 12.2 Å². The van der Waals surface area contributed by atoms with Crippen LogP contribution in [0, 0.1) is 0 Å². The van der Waals surface area contributed by atoms with Crippen molar-refractivity contribution in [2.45, 2.75) is 26.7 Å². The summed E-state index contributed by atoms with van der Waals surface area (Å²) in [4.78, 5) is 13.3. The lowest BCUT2D eigenvalue weighted by molar-refractivity contribution is 0.100. The van der Waals surface area contributed by atoms with Gasteiger partial charge in [-0.3, -0.25) is 4.79 Å². The summed E-state index contributed by atoms with van der Waals surface area (Å²) in [5, 5.41) is 3.30. The molecule has 0 bridgehead atoms. The molecule has 1 amide bonds. The van der Waals surface area contributed by atoms with Crippen molar-refractivity contribution in [3.8, 4) is 11.5 Å². The first kappa shape index (κ1) is 15.4. The highest BCUT2D eigenvalue weighted by atomic mass is 32.1. The average molecular weight is 304 g/mol. The molecular weight excluding hydrogens is 284 g/mol. The maximum absolute atomic E-state index is 11.7. The number of ether oxygens (including phenoxy) is 1. The molecule has 0 aliphatic rings. The number of aryl methyl sites for hydroxylation is 1. The van der Waals surface area contributed by atoms with E-state index in [1.54, 1.807) is 0 Å². The van der Waals surface area contributed by atoms with E-state index < -0.39 is 5.91 Å². The third-order valence-corrected chi connectivity index (χ3v) is 4.20. The lowest BCUT2D eigenvalue weighted by atomic mass is 10.2. The van der Waals surface area contributed by atoms with Crippen LogP contribution in [0.2, 0.25) is 0 Å². The van der Waals surface area contributed by atoms with Gasteiger partial charge in [-0.1, -0.05) is 31.5 Å². The Labute approximate surface area is 128 Å². The molecule has 21 heavy (non-hydrogen) atoms. The quantitative estimate of drug-likeness (QED) is 0.812. The molecule has 0 saturated heterocycles. The van der Waals surface area contributed by atoms with Crippen LogP contribution in [0.15, 0.2) is 30.3 Å². The number of rotatable bonds is 7. The van der Waals surface area contributed by atoms with Crippen LogP contribution in [0.5, 0.6) is 11.5 Å². The maximum atomic E-state index is 11.7. The predicted octanol–water partition coefficient (Wildman–Crippen LogP) is 4.02. The molecule has 0 unspecified atom stereocenters. The van der Waals surface area contributed by atoms with Gasteiger partial charge < -0.3 is 15.8 Å². The molecule has 2 aromatic rings. The molecule has 0 aliphatic heterocycles. The first-order valence-electron chi connectivity index (χ1n) is 7.09. The molecule has 5 heteroatoms. The molecule has 0 fully saturated rings. The van der Waals surface area contributed by atoms with Crippen LogP contribution < -0.4 is 15.8 Å². The van der Waals surface area contributed by atoms with Gasteiger partial charge in [0.2, 0.25) is 0 Å². The molecule has 0 saturated carbocycles. The first-order valence-corrected chi connectivity index (χ1v) is 7.91. The first-order chi connectivity index (χ1) is 10.2. The van der Waals surface area contributed by atoms with Crippen molar-refractivity contribution in [2.75, 3.05) is 11.9 Å². The predicted molar refractivity (Wildman–Crippen MR) is 87.5 cm³/mol. The number of carbonyl (C=O) groups is 1. The Bertz CT molecular complexity index is 608. The summed E-state index contributed by atoms with van der Waals surface area (Å²) in [6, 6.07) is 9.43. The molecule has 1 heterocycles. The fourth-order valence-corrected chi connectivity index (χ4v) is 3.24. The van der Waals surface area contributed by atoms with Crippen molar-refractivity contribution < 1.29 is 9.53 Å². The molecule has 4 nitrogen and oxygen atoms in total. The van der Waals surface area contributed by atoms with Crippen LogP contribution in [0.1, 0.15) is 34.8 Å². The second kappa shape index (κ2) is 7.13. The number of amides is 1. The summed E-state index contributed by atoms with van der Waals surface area (Å²) in [6.45, 7) is 4.89. The highest BCUT2D eigenvalue weighted by Crippen LogP contribution is 2.43. The van der Waals surface area contributed by atoms with Crippen LogP contribution in [-0.4, -0.2) is 12.5 Å². The molecule has 112 valence electrons. The van der Waals surface area contributed by atoms with Crippen molar-refractivity contribution in [1.29, 1.82) is 0 Å². The summed E-state index contributed by atoms with van der Waals surface area (Å²) in [7, 11) is 0. The number of nitrogens with one attached hydrogen (secondary N) is 1. The van der Waals surface area contributed by atoms with Gasteiger partial charge in [0.1, 0.15) is 10.6 Å². The number of para-hydroxylation sites is 1. The van der Waals surface area contributed by atoms with Crippen molar-refractivity contribution >= 4 is 22.9 Å². The number of hydrogen-bond donors (Lipinski definition) is 2. The van der Waals surface area contributed by atoms with Crippen LogP contribution in [-0.2, 0) is 6.42 Å². The van der Waals surface area contributed by atoms with E-state index in [4.69, 9.17) is 10.5 Å².